The van der Waals surface area contributed by atoms with Crippen LogP contribution in [0.1, 0.15) is 5.56 Å². The maximum atomic E-state index is 14.4. The molecule has 0 aliphatic rings. The van der Waals surface area contributed by atoms with Gasteiger partial charge in [-0.25, -0.2) is 4.39 Å². The number of hydrogen-bond acceptors (Lipinski definition) is 5. The molecule has 2 N–H and O–H groups in total. The van der Waals surface area contributed by atoms with E-state index in [9.17, 15) is 14.5 Å². The van der Waals surface area contributed by atoms with Gasteiger partial charge in [-0.15, -0.1) is 0 Å². The van der Waals surface area contributed by atoms with E-state index in [1.165, 1.54) is 19.2 Å². The highest BCUT2D eigenvalue weighted by Crippen LogP contribution is 2.34. The van der Waals surface area contributed by atoms with E-state index in [1.54, 1.807) is 7.11 Å². The largest absolute Gasteiger partial charge is 0.495 e. The van der Waals surface area contributed by atoms with Crippen LogP contribution in [0.15, 0.2) is 36.5 Å². The van der Waals surface area contributed by atoms with Crippen molar-refractivity contribution in [2.75, 3.05) is 26.1 Å². The summed E-state index contributed by atoms with van der Waals surface area (Å²) in [4.78, 5) is 13.4. The number of halogens is 1. The van der Waals surface area contributed by atoms with Crippen LogP contribution in [-0.2, 0) is 6.42 Å². The second-order valence-electron chi connectivity index (χ2n) is 5.61. The van der Waals surface area contributed by atoms with Gasteiger partial charge in [0.25, 0.3) is 0 Å². The average Bonchev–Trinajstić information content (AvgIpc) is 3.05. The van der Waals surface area contributed by atoms with Crippen molar-refractivity contribution in [2.24, 2.45) is 0 Å². The monoisotopic (exact) mass is 359 g/mol. The highest BCUT2D eigenvalue weighted by Gasteiger charge is 2.22. The minimum Gasteiger partial charge on any atom is -0.495 e. The molecule has 0 spiro atoms. The third kappa shape index (κ3) is 3.13. The van der Waals surface area contributed by atoms with Crippen molar-refractivity contribution in [3.63, 3.8) is 0 Å². The minimum atomic E-state index is -0.776. The molecule has 0 fully saturated rings. The van der Waals surface area contributed by atoms with Gasteiger partial charge in [-0.2, -0.15) is 0 Å². The highest BCUT2D eigenvalue weighted by molar-refractivity contribution is 5.88. The van der Waals surface area contributed by atoms with Crippen LogP contribution in [0.5, 0.6) is 11.5 Å². The standard InChI is InChI=1S/C18H18FN3O4/c1-25-15-5-3-4-12-11(10-21-17(12)15)8-9-20-13-6-7-14(22(23)24)18(26-2)16(13)19/h3-7,10,20-21H,8-9H2,1-2H3. The van der Waals surface area contributed by atoms with Gasteiger partial charge in [-0.1, -0.05) is 12.1 Å². The molecule has 1 heterocycles. The summed E-state index contributed by atoms with van der Waals surface area (Å²) in [6.45, 7) is 0.446. The first-order valence-electron chi connectivity index (χ1n) is 7.94. The predicted octanol–water partition coefficient (Wildman–Crippen LogP) is 3.89. The topological polar surface area (TPSA) is 89.4 Å². The van der Waals surface area contributed by atoms with Gasteiger partial charge in [0, 0.05) is 24.2 Å². The molecule has 0 aliphatic carbocycles. The summed E-state index contributed by atoms with van der Waals surface area (Å²) in [6, 6.07) is 8.33. The number of fused-ring (bicyclic) bond motifs is 1. The smallest absolute Gasteiger partial charge is 0.314 e. The van der Waals surface area contributed by atoms with Crippen molar-refractivity contribution >= 4 is 22.3 Å². The van der Waals surface area contributed by atoms with Crippen LogP contribution in [0, 0.1) is 15.9 Å². The van der Waals surface area contributed by atoms with Gasteiger partial charge < -0.3 is 19.8 Å². The van der Waals surface area contributed by atoms with Gasteiger partial charge in [0.15, 0.2) is 5.82 Å². The molecule has 7 nitrogen and oxygen atoms in total. The van der Waals surface area contributed by atoms with E-state index in [1.807, 2.05) is 24.4 Å². The Morgan fingerprint density at radius 2 is 2.04 bits per heavy atom. The molecular formula is C18H18FN3O4. The summed E-state index contributed by atoms with van der Waals surface area (Å²) in [5, 5.41) is 14.9. The number of nitro groups is 1. The number of aromatic nitrogens is 1. The van der Waals surface area contributed by atoms with E-state index in [2.05, 4.69) is 10.3 Å². The maximum Gasteiger partial charge on any atom is 0.314 e. The number of hydrogen-bond donors (Lipinski definition) is 2. The Morgan fingerprint density at radius 1 is 1.23 bits per heavy atom. The van der Waals surface area contributed by atoms with Crippen LogP contribution in [0.3, 0.4) is 0 Å². The fourth-order valence-corrected chi connectivity index (χ4v) is 2.91. The molecule has 0 atom stereocenters. The number of benzene rings is 2. The molecule has 3 aromatic rings. The van der Waals surface area contributed by atoms with Crippen molar-refractivity contribution in [1.29, 1.82) is 0 Å². The SMILES string of the molecule is COc1c([N+](=O)[O-])ccc(NCCc2c[nH]c3c(OC)cccc23)c1F. The van der Waals surface area contributed by atoms with E-state index in [0.29, 0.717) is 13.0 Å². The molecule has 0 amide bonds. The first-order valence-corrected chi connectivity index (χ1v) is 7.94. The van der Waals surface area contributed by atoms with Crippen molar-refractivity contribution in [1.82, 2.24) is 4.98 Å². The molecule has 0 saturated heterocycles. The lowest BCUT2D eigenvalue weighted by Crippen LogP contribution is -2.07. The van der Waals surface area contributed by atoms with E-state index in [0.717, 1.165) is 22.2 Å². The number of rotatable bonds is 7. The quantitative estimate of drug-likeness (QED) is 0.493. The van der Waals surface area contributed by atoms with Crippen molar-refractivity contribution in [3.8, 4) is 11.5 Å². The van der Waals surface area contributed by atoms with Crippen LogP contribution in [0.25, 0.3) is 10.9 Å². The Morgan fingerprint density at radius 3 is 2.73 bits per heavy atom. The zero-order valence-electron chi connectivity index (χ0n) is 14.3. The molecule has 3 rings (SSSR count). The Balaban J connectivity index is 1.76. The average molecular weight is 359 g/mol. The van der Waals surface area contributed by atoms with Gasteiger partial charge in [-0.3, -0.25) is 10.1 Å². The van der Waals surface area contributed by atoms with E-state index in [4.69, 9.17) is 9.47 Å². The molecule has 136 valence electrons. The van der Waals surface area contributed by atoms with Crippen molar-refractivity contribution in [2.45, 2.75) is 6.42 Å². The summed E-state index contributed by atoms with van der Waals surface area (Å²) < 4.78 is 24.6. The highest BCUT2D eigenvalue weighted by atomic mass is 19.1. The van der Waals surface area contributed by atoms with Crippen LogP contribution in [0.4, 0.5) is 15.8 Å². The van der Waals surface area contributed by atoms with Gasteiger partial charge in [0.1, 0.15) is 5.75 Å². The number of anilines is 1. The molecule has 0 radical (unpaired) electrons. The van der Waals surface area contributed by atoms with E-state index >= 15 is 0 Å². The number of nitrogens with one attached hydrogen (secondary N) is 2. The first kappa shape index (κ1) is 17.5. The third-order valence-corrected chi connectivity index (χ3v) is 4.17. The summed E-state index contributed by atoms with van der Waals surface area (Å²) in [7, 11) is 2.82. The number of H-pyrrole nitrogens is 1. The molecule has 0 unspecified atom stereocenters. The lowest BCUT2D eigenvalue weighted by molar-refractivity contribution is -0.386. The van der Waals surface area contributed by atoms with Gasteiger partial charge in [0.05, 0.1) is 30.3 Å². The van der Waals surface area contributed by atoms with E-state index < -0.39 is 16.4 Å². The molecule has 1 aromatic heterocycles. The summed E-state index contributed by atoms with van der Waals surface area (Å²) in [6.07, 6.45) is 2.52. The minimum absolute atomic E-state index is 0.157. The maximum absolute atomic E-state index is 14.4. The Kier molecular flexibility index (Phi) is 4.92. The number of aromatic amines is 1. The molecule has 26 heavy (non-hydrogen) atoms. The van der Waals surface area contributed by atoms with Crippen LogP contribution in [0.2, 0.25) is 0 Å². The Bertz CT molecular complexity index is 955. The van der Waals surface area contributed by atoms with Gasteiger partial charge >= 0.3 is 5.69 Å². The van der Waals surface area contributed by atoms with Crippen LogP contribution < -0.4 is 14.8 Å². The van der Waals surface area contributed by atoms with Crippen LogP contribution >= 0.6 is 0 Å². The number of methoxy groups -OCH3 is 2. The zero-order chi connectivity index (χ0) is 18.7. The second kappa shape index (κ2) is 7.30. The van der Waals surface area contributed by atoms with Crippen molar-refractivity contribution in [3.05, 3.63) is 58.0 Å². The molecular weight excluding hydrogens is 341 g/mol. The molecule has 0 bridgehead atoms. The number of para-hydroxylation sites is 1. The number of ether oxygens (including phenoxy) is 2. The number of nitro benzene ring substituents is 1. The Hall–Kier alpha value is -3.29. The first-order chi connectivity index (χ1) is 12.6. The Labute approximate surface area is 148 Å². The fraction of sp³-hybridized carbons (Fsp3) is 0.222. The third-order valence-electron chi connectivity index (χ3n) is 4.17. The fourth-order valence-electron chi connectivity index (χ4n) is 2.91. The van der Waals surface area contributed by atoms with E-state index in [-0.39, 0.29) is 11.4 Å². The summed E-state index contributed by atoms with van der Waals surface area (Å²) >= 11 is 0. The molecule has 8 heteroatoms. The lowest BCUT2D eigenvalue weighted by Gasteiger charge is -2.10. The number of nitrogens with zero attached hydrogens (tertiary/aromatic N) is 1. The normalized spacial score (nSPS) is 10.7. The molecule has 0 aliphatic heterocycles. The molecule has 0 saturated carbocycles. The second-order valence-corrected chi connectivity index (χ2v) is 5.61. The summed E-state index contributed by atoms with van der Waals surface area (Å²) in [5.74, 6) is -0.396. The lowest BCUT2D eigenvalue weighted by atomic mass is 10.1. The van der Waals surface area contributed by atoms with Crippen molar-refractivity contribution < 1.29 is 18.8 Å². The van der Waals surface area contributed by atoms with Crippen LogP contribution in [-0.4, -0.2) is 30.7 Å². The zero-order valence-corrected chi connectivity index (χ0v) is 14.3. The van der Waals surface area contributed by atoms with Gasteiger partial charge in [-0.05, 0) is 24.1 Å². The summed E-state index contributed by atoms with van der Waals surface area (Å²) in [5.41, 5.74) is 1.72. The van der Waals surface area contributed by atoms with Gasteiger partial charge in [0.2, 0.25) is 5.75 Å². The predicted molar refractivity (Wildman–Crippen MR) is 96.7 cm³/mol. The molecule has 2 aromatic carbocycles.